The molecule has 110 valence electrons. The van der Waals surface area contributed by atoms with Crippen LogP contribution < -0.4 is 10.1 Å². The number of hydrogen-bond acceptors (Lipinski definition) is 3. The van der Waals surface area contributed by atoms with Crippen molar-refractivity contribution in [3.8, 4) is 5.75 Å². The Kier molecular flexibility index (Phi) is 6.31. The highest BCUT2D eigenvalue weighted by molar-refractivity contribution is 6.30. The topological polar surface area (TPSA) is 75.6 Å². The molecule has 2 N–H and O–H groups in total. The van der Waals surface area contributed by atoms with Crippen molar-refractivity contribution in [1.29, 1.82) is 0 Å². The molecule has 0 aliphatic carbocycles. The van der Waals surface area contributed by atoms with Crippen LogP contribution in [0.5, 0.6) is 5.75 Å². The fourth-order valence-electron chi connectivity index (χ4n) is 1.55. The Morgan fingerprint density at radius 1 is 1.30 bits per heavy atom. The van der Waals surface area contributed by atoms with Crippen LogP contribution in [0.25, 0.3) is 0 Å². The molecular weight excluding hydrogens is 282 g/mol. The van der Waals surface area contributed by atoms with Crippen LogP contribution in [0, 0.1) is 5.92 Å². The standard InChI is InChI=1S/C14H18ClNO4/c1-9(2)13(14(18)19)16-12(17)7-8-20-11-5-3-10(15)4-6-11/h3-6,9,13H,7-8H2,1-2H3,(H,16,17)(H,18,19)/t13-/m1/s1. The molecule has 0 aromatic heterocycles. The van der Waals surface area contributed by atoms with Crippen molar-refractivity contribution in [2.75, 3.05) is 6.61 Å². The molecule has 0 fully saturated rings. The number of ether oxygens (including phenoxy) is 1. The number of aliphatic carboxylic acids is 1. The Bertz CT molecular complexity index is 459. The molecule has 0 saturated carbocycles. The summed E-state index contributed by atoms with van der Waals surface area (Å²) in [5, 5.41) is 12.0. The summed E-state index contributed by atoms with van der Waals surface area (Å²) in [7, 11) is 0. The highest BCUT2D eigenvalue weighted by Gasteiger charge is 2.23. The SMILES string of the molecule is CC(C)[C@@H](NC(=O)CCOc1ccc(Cl)cc1)C(=O)O. The molecule has 5 nitrogen and oxygen atoms in total. The van der Waals surface area contributed by atoms with Crippen molar-refractivity contribution in [2.24, 2.45) is 5.92 Å². The van der Waals surface area contributed by atoms with E-state index in [1.807, 2.05) is 0 Å². The summed E-state index contributed by atoms with van der Waals surface area (Å²) in [5.74, 6) is -0.943. The number of nitrogens with one attached hydrogen (secondary N) is 1. The molecule has 1 rings (SSSR count). The average molecular weight is 300 g/mol. The normalized spacial score (nSPS) is 12.0. The molecule has 20 heavy (non-hydrogen) atoms. The first kappa shape index (κ1) is 16.3. The van der Waals surface area contributed by atoms with Crippen LogP contribution in [0.1, 0.15) is 20.3 Å². The molecule has 0 heterocycles. The number of rotatable bonds is 7. The number of hydrogen-bond donors (Lipinski definition) is 2. The van der Waals surface area contributed by atoms with E-state index < -0.39 is 12.0 Å². The zero-order chi connectivity index (χ0) is 15.1. The van der Waals surface area contributed by atoms with Gasteiger partial charge in [-0.25, -0.2) is 4.79 Å². The fraction of sp³-hybridized carbons (Fsp3) is 0.429. The highest BCUT2D eigenvalue weighted by Crippen LogP contribution is 2.15. The van der Waals surface area contributed by atoms with Crippen molar-refractivity contribution in [1.82, 2.24) is 5.32 Å². The van der Waals surface area contributed by atoms with Gasteiger partial charge in [-0.15, -0.1) is 0 Å². The van der Waals surface area contributed by atoms with Crippen molar-refractivity contribution < 1.29 is 19.4 Å². The predicted molar refractivity (Wildman–Crippen MR) is 76.0 cm³/mol. The van der Waals surface area contributed by atoms with Gasteiger partial charge in [0, 0.05) is 5.02 Å². The monoisotopic (exact) mass is 299 g/mol. The van der Waals surface area contributed by atoms with Crippen molar-refractivity contribution in [3.05, 3.63) is 29.3 Å². The number of carbonyl (C=O) groups is 2. The smallest absolute Gasteiger partial charge is 0.326 e. The Morgan fingerprint density at radius 2 is 1.90 bits per heavy atom. The van der Waals surface area contributed by atoms with Crippen LogP contribution in [-0.2, 0) is 9.59 Å². The number of carboxylic acids is 1. The van der Waals surface area contributed by atoms with Crippen molar-refractivity contribution in [3.63, 3.8) is 0 Å². The lowest BCUT2D eigenvalue weighted by atomic mass is 10.0. The largest absolute Gasteiger partial charge is 0.493 e. The molecule has 1 aromatic carbocycles. The predicted octanol–water partition coefficient (Wildman–Crippen LogP) is 2.33. The Morgan fingerprint density at radius 3 is 2.40 bits per heavy atom. The molecule has 0 radical (unpaired) electrons. The van der Waals surface area contributed by atoms with E-state index in [0.29, 0.717) is 10.8 Å². The maximum Gasteiger partial charge on any atom is 0.326 e. The second-order valence-corrected chi connectivity index (χ2v) is 5.12. The maximum atomic E-state index is 11.6. The van der Waals surface area contributed by atoms with Crippen molar-refractivity contribution in [2.45, 2.75) is 26.3 Å². The van der Waals surface area contributed by atoms with Crippen LogP contribution in [0.3, 0.4) is 0 Å². The van der Waals surface area contributed by atoms with E-state index in [-0.39, 0.29) is 24.9 Å². The van der Waals surface area contributed by atoms with Crippen LogP contribution in [0.15, 0.2) is 24.3 Å². The summed E-state index contributed by atoms with van der Waals surface area (Å²) in [5.41, 5.74) is 0. The van der Waals surface area contributed by atoms with Gasteiger partial charge in [0.05, 0.1) is 13.0 Å². The summed E-state index contributed by atoms with van der Waals surface area (Å²) in [6.45, 7) is 3.66. The molecule has 6 heteroatoms. The third-order valence-electron chi connectivity index (χ3n) is 2.66. The van der Waals surface area contributed by atoms with Gasteiger partial charge in [-0.05, 0) is 30.2 Å². The lowest BCUT2D eigenvalue weighted by Gasteiger charge is -2.17. The van der Waals surface area contributed by atoms with Gasteiger partial charge in [-0.3, -0.25) is 4.79 Å². The van der Waals surface area contributed by atoms with Gasteiger partial charge in [0.1, 0.15) is 11.8 Å². The molecule has 0 bridgehead atoms. The lowest BCUT2D eigenvalue weighted by molar-refractivity contribution is -0.143. The molecule has 0 unspecified atom stereocenters. The molecule has 0 aliphatic rings. The first-order valence-corrected chi connectivity index (χ1v) is 6.68. The van der Waals surface area contributed by atoms with Gasteiger partial charge < -0.3 is 15.2 Å². The summed E-state index contributed by atoms with van der Waals surface area (Å²) < 4.78 is 5.37. The lowest BCUT2D eigenvalue weighted by Crippen LogP contribution is -2.44. The molecule has 1 aromatic rings. The van der Waals surface area contributed by atoms with E-state index in [0.717, 1.165) is 0 Å². The van der Waals surface area contributed by atoms with Gasteiger partial charge >= 0.3 is 5.97 Å². The van der Waals surface area contributed by atoms with Gasteiger partial charge in [0.15, 0.2) is 0 Å². The van der Waals surface area contributed by atoms with E-state index in [2.05, 4.69) is 5.32 Å². The highest BCUT2D eigenvalue weighted by atomic mass is 35.5. The minimum Gasteiger partial charge on any atom is -0.493 e. The Balaban J connectivity index is 2.36. The molecule has 0 aliphatic heterocycles. The minimum atomic E-state index is -1.04. The first-order valence-electron chi connectivity index (χ1n) is 6.30. The van der Waals surface area contributed by atoms with E-state index in [1.165, 1.54) is 0 Å². The zero-order valence-electron chi connectivity index (χ0n) is 11.4. The summed E-state index contributed by atoms with van der Waals surface area (Å²) in [6.07, 6.45) is 0.0964. The van der Waals surface area contributed by atoms with Crippen LogP contribution in [-0.4, -0.2) is 29.6 Å². The second-order valence-electron chi connectivity index (χ2n) is 4.68. The number of halogens is 1. The number of benzene rings is 1. The number of amides is 1. The average Bonchev–Trinajstić information content (AvgIpc) is 2.37. The van der Waals surface area contributed by atoms with Gasteiger partial charge in [-0.1, -0.05) is 25.4 Å². The fourth-order valence-corrected chi connectivity index (χ4v) is 1.68. The van der Waals surface area contributed by atoms with Gasteiger partial charge in [0.25, 0.3) is 0 Å². The Hall–Kier alpha value is -1.75. The number of carboxylic acid groups (broad SMARTS) is 1. The first-order chi connectivity index (χ1) is 9.40. The maximum absolute atomic E-state index is 11.6. The zero-order valence-corrected chi connectivity index (χ0v) is 12.2. The molecular formula is C14H18ClNO4. The summed E-state index contributed by atoms with van der Waals surface area (Å²) in [4.78, 5) is 22.6. The minimum absolute atomic E-state index is 0.0964. The van der Waals surface area contributed by atoms with Crippen LogP contribution >= 0.6 is 11.6 Å². The van der Waals surface area contributed by atoms with Crippen LogP contribution in [0.4, 0.5) is 0 Å². The molecule has 0 saturated heterocycles. The number of carbonyl (C=O) groups excluding carboxylic acids is 1. The molecule has 1 atom stereocenters. The van der Waals surface area contributed by atoms with Gasteiger partial charge in [0.2, 0.25) is 5.91 Å². The van der Waals surface area contributed by atoms with E-state index in [1.54, 1.807) is 38.1 Å². The van der Waals surface area contributed by atoms with E-state index >= 15 is 0 Å². The van der Waals surface area contributed by atoms with Crippen molar-refractivity contribution >= 4 is 23.5 Å². The summed E-state index contributed by atoms with van der Waals surface area (Å²) >= 11 is 5.74. The van der Waals surface area contributed by atoms with E-state index in [9.17, 15) is 9.59 Å². The second kappa shape index (κ2) is 7.75. The van der Waals surface area contributed by atoms with E-state index in [4.69, 9.17) is 21.4 Å². The molecule has 1 amide bonds. The molecule has 0 spiro atoms. The van der Waals surface area contributed by atoms with Gasteiger partial charge in [-0.2, -0.15) is 0 Å². The third kappa shape index (κ3) is 5.48. The Labute approximate surface area is 122 Å². The summed E-state index contributed by atoms with van der Waals surface area (Å²) in [6, 6.07) is 5.91. The van der Waals surface area contributed by atoms with Crippen LogP contribution in [0.2, 0.25) is 5.02 Å². The quantitative estimate of drug-likeness (QED) is 0.810. The third-order valence-corrected chi connectivity index (χ3v) is 2.91.